The summed E-state index contributed by atoms with van der Waals surface area (Å²) in [5, 5.41) is 11.8. The number of fused-ring (bicyclic) bond motifs is 1. The van der Waals surface area contributed by atoms with Gasteiger partial charge in [-0.25, -0.2) is 0 Å². The van der Waals surface area contributed by atoms with Crippen molar-refractivity contribution in [2.24, 2.45) is 0 Å². The first-order valence-electron chi connectivity index (χ1n) is 5.57. The van der Waals surface area contributed by atoms with Gasteiger partial charge in [0.25, 0.3) is 0 Å². The van der Waals surface area contributed by atoms with Crippen LogP contribution < -0.4 is 5.32 Å². The first kappa shape index (κ1) is 10.4. The molecule has 2 rings (SSSR count). The Bertz CT molecular complexity index is 178. The molecule has 2 N–H and O–H groups in total. The number of aliphatic hydroxyl groups excluding tert-OH is 1. The Balaban J connectivity index is 1.69. The van der Waals surface area contributed by atoms with Gasteiger partial charge < -0.3 is 15.2 Å². The molecular weight excluding hydrogens is 180 g/mol. The van der Waals surface area contributed by atoms with Crippen molar-refractivity contribution >= 4 is 0 Å². The molecule has 2 heterocycles. The van der Waals surface area contributed by atoms with Crippen LogP contribution in [0.1, 0.15) is 12.8 Å². The van der Waals surface area contributed by atoms with Crippen molar-refractivity contribution in [2.45, 2.75) is 25.0 Å². The number of hydrogen-bond donors (Lipinski definition) is 2. The van der Waals surface area contributed by atoms with Crippen molar-refractivity contribution in [1.82, 2.24) is 10.2 Å². The maximum Gasteiger partial charge on any atom is 0.0827 e. The van der Waals surface area contributed by atoms with Gasteiger partial charge in [0.1, 0.15) is 0 Å². The van der Waals surface area contributed by atoms with E-state index in [0.717, 1.165) is 19.7 Å². The summed E-state index contributed by atoms with van der Waals surface area (Å²) in [6.07, 6.45) is 2.94. The number of hydrogen-bond acceptors (Lipinski definition) is 4. The van der Waals surface area contributed by atoms with Crippen LogP contribution in [0.25, 0.3) is 0 Å². The van der Waals surface area contributed by atoms with E-state index in [1.165, 1.54) is 19.4 Å². The molecule has 0 aromatic heterocycles. The highest BCUT2D eigenvalue weighted by molar-refractivity contribution is 4.85. The van der Waals surface area contributed by atoms with Gasteiger partial charge in [-0.2, -0.15) is 0 Å². The van der Waals surface area contributed by atoms with E-state index in [1.54, 1.807) is 0 Å². The summed E-state index contributed by atoms with van der Waals surface area (Å²) in [4.78, 5) is 2.54. The zero-order chi connectivity index (χ0) is 9.80. The van der Waals surface area contributed by atoms with E-state index in [9.17, 15) is 0 Å². The number of rotatable bonds is 4. The largest absolute Gasteiger partial charge is 0.395 e. The number of nitrogens with one attached hydrogen (secondary N) is 1. The fourth-order valence-electron chi connectivity index (χ4n) is 2.35. The zero-order valence-electron chi connectivity index (χ0n) is 8.61. The van der Waals surface area contributed by atoms with Crippen molar-refractivity contribution in [2.75, 3.05) is 39.4 Å². The highest BCUT2D eigenvalue weighted by Gasteiger charge is 2.31. The van der Waals surface area contributed by atoms with E-state index >= 15 is 0 Å². The minimum absolute atomic E-state index is 0.207. The monoisotopic (exact) mass is 200 g/mol. The number of aliphatic hydroxyl groups is 1. The third-order valence-corrected chi connectivity index (χ3v) is 3.12. The first-order valence-corrected chi connectivity index (χ1v) is 5.57. The zero-order valence-corrected chi connectivity index (χ0v) is 8.61. The number of ether oxygens (including phenoxy) is 1. The molecule has 2 unspecified atom stereocenters. The Kier molecular flexibility index (Phi) is 3.75. The molecule has 2 fully saturated rings. The lowest BCUT2D eigenvalue weighted by atomic mass is 10.2. The quantitative estimate of drug-likeness (QED) is 0.597. The first-order chi connectivity index (χ1) is 6.90. The Morgan fingerprint density at radius 3 is 3.29 bits per heavy atom. The van der Waals surface area contributed by atoms with E-state index in [-0.39, 0.29) is 6.61 Å². The standard InChI is InChI=1S/C10H20N2O2/c13-5-3-11-6-10-7-12-4-1-2-9(12)8-14-10/h9-11,13H,1-8H2. The minimum atomic E-state index is 0.207. The third-order valence-electron chi connectivity index (χ3n) is 3.12. The fourth-order valence-corrected chi connectivity index (χ4v) is 2.35. The lowest BCUT2D eigenvalue weighted by molar-refractivity contribution is -0.0470. The molecule has 82 valence electrons. The van der Waals surface area contributed by atoms with Gasteiger partial charge in [-0.1, -0.05) is 0 Å². The van der Waals surface area contributed by atoms with Crippen molar-refractivity contribution < 1.29 is 9.84 Å². The molecule has 2 saturated heterocycles. The SMILES string of the molecule is OCCNCC1CN2CCCC2CO1. The van der Waals surface area contributed by atoms with Crippen LogP contribution in [-0.4, -0.2) is 61.5 Å². The number of nitrogens with zero attached hydrogens (tertiary/aromatic N) is 1. The van der Waals surface area contributed by atoms with E-state index in [1.807, 2.05) is 0 Å². The molecule has 0 aliphatic carbocycles. The molecule has 0 radical (unpaired) electrons. The molecule has 4 nitrogen and oxygen atoms in total. The van der Waals surface area contributed by atoms with E-state index < -0.39 is 0 Å². The molecule has 2 atom stereocenters. The van der Waals surface area contributed by atoms with Crippen molar-refractivity contribution in [3.8, 4) is 0 Å². The smallest absolute Gasteiger partial charge is 0.0827 e. The molecule has 0 aromatic carbocycles. The second-order valence-corrected chi connectivity index (χ2v) is 4.17. The van der Waals surface area contributed by atoms with E-state index in [2.05, 4.69) is 10.2 Å². The maximum absolute atomic E-state index is 8.63. The molecule has 2 aliphatic heterocycles. The Morgan fingerprint density at radius 2 is 2.43 bits per heavy atom. The van der Waals surface area contributed by atoms with Gasteiger partial charge in [0.15, 0.2) is 0 Å². The molecule has 0 spiro atoms. The summed E-state index contributed by atoms with van der Waals surface area (Å²) >= 11 is 0. The predicted molar refractivity (Wildman–Crippen MR) is 54.3 cm³/mol. The fraction of sp³-hybridized carbons (Fsp3) is 1.00. The van der Waals surface area contributed by atoms with Crippen molar-refractivity contribution in [3.05, 3.63) is 0 Å². The summed E-state index contributed by atoms with van der Waals surface area (Å²) in [6, 6.07) is 0.684. The lowest BCUT2D eigenvalue weighted by Gasteiger charge is -2.35. The van der Waals surface area contributed by atoms with Crippen LogP contribution in [0.3, 0.4) is 0 Å². The minimum Gasteiger partial charge on any atom is -0.395 e. The summed E-state index contributed by atoms with van der Waals surface area (Å²) in [5.74, 6) is 0. The Labute approximate surface area is 85.2 Å². The Morgan fingerprint density at radius 1 is 1.50 bits per heavy atom. The van der Waals surface area contributed by atoms with Crippen LogP contribution in [0.15, 0.2) is 0 Å². The van der Waals surface area contributed by atoms with Gasteiger partial charge in [0.2, 0.25) is 0 Å². The van der Waals surface area contributed by atoms with Gasteiger partial charge in [-0.15, -0.1) is 0 Å². The summed E-state index contributed by atoms with van der Waals surface area (Å²) in [6.45, 7) is 4.94. The normalized spacial score (nSPS) is 33.2. The second-order valence-electron chi connectivity index (χ2n) is 4.17. The molecular formula is C10H20N2O2. The predicted octanol–water partition coefficient (Wildman–Crippen LogP) is -0.568. The molecule has 4 heteroatoms. The van der Waals surface area contributed by atoms with E-state index in [4.69, 9.17) is 9.84 Å². The third kappa shape index (κ3) is 2.45. The summed E-state index contributed by atoms with van der Waals surface area (Å²) in [5.41, 5.74) is 0. The molecule has 14 heavy (non-hydrogen) atoms. The van der Waals surface area contributed by atoms with Gasteiger partial charge in [0.05, 0.1) is 19.3 Å². The van der Waals surface area contributed by atoms with Crippen LogP contribution in [0.4, 0.5) is 0 Å². The number of morpholine rings is 1. The van der Waals surface area contributed by atoms with Crippen LogP contribution >= 0.6 is 0 Å². The molecule has 0 bridgehead atoms. The van der Waals surface area contributed by atoms with Crippen LogP contribution in [0, 0.1) is 0 Å². The Hall–Kier alpha value is -0.160. The molecule has 0 aromatic rings. The highest BCUT2D eigenvalue weighted by Crippen LogP contribution is 2.22. The second kappa shape index (κ2) is 5.07. The maximum atomic E-state index is 8.63. The highest BCUT2D eigenvalue weighted by atomic mass is 16.5. The molecule has 0 amide bonds. The van der Waals surface area contributed by atoms with Crippen molar-refractivity contribution in [3.63, 3.8) is 0 Å². The van der Waals surface area contributed by atoms with Gasteiger partial charge in [-0.3, -0.25) is 4.90 Å². The van der Waals surface area contributed by atoms with Crippen LogP contribution in [-0.2, 0) is 4.74 Å². The van der Waals surface area contributed by atoms with Gasteiger partial charge >= 0.3 is 0 Å². The van der Waals surface area contributed by atoms with Gasteiger partial charge in [-0.05, 0) is 19.4 Å². The summed E-state index contributed by atoms with van der Waals surface area (Å²) in [7, 11) is 0. The molecule has 2 aliphatic rings. The lowest BCUT2D eigenvalue weighted by Crippen LogP contribution is -2.49. The van der Waals surface area contributed by atoms with E-state index in [0.29, 0.717) is 18.7 Å². The topological polar surface area (TPSA) is 44.7 Å². The van der Waals surface area contributed by atoms with Crippen LogP contribution in [0.2, 0.25) is 0 Å². The average Bonchev–Trinajstić information content (AvgIpc) is 2.65. The molecule has 0 saturated carbocycles. The average molecular weight is 200 g/mol. The summed E-state index contributed by atoms with van der Waals surface area (Å²) < 4.78 is 5.75. The van der Waals surface area contributed by atoms with Crippen LogP contribution in [0.5, 0.6) is 0 Å². The van der Waals surface area contributed by atoms with Crippen molar-refractivity contribution in [1.29, 1.82) is 0 Å². The van der Waals surface area contributed by atoms with Gasteiger partial charge in [0, 0.05) is 25.7 Å².